The van der Waals surface area contributed by atoms with E-state index in [1.54, 1.807) is 30.5 Å². The van der Waals surface area contributed by atoms with Crippen molar-refractivity contribution in [3.05, 3.63) is 156 Å². The van der Waals surface area contributed by atoms with Gasteiger partial charge in [-0.25, -0.2) is 14.3 Å². The Bertz CT molecular complexity index is 2540. The zero-order valence-corrected chi connectivity index (χ0v) is 35.1. The number of H-pyrrole nitrogens is 2. The molecule has 0 bridgehead atoms. The van der Waals surface area contributed by atoms with E-state index in [9.17, 15) is 38.3 Å². The number of benzene rings is 4. The van der Waals surface area contributed by atoms with Crippen LogP contribution in [-0.4, -0.2) is 85.2 Å². The minimum atomic E-state index is -4.89. The third kappa shape index (κ3) is 14.1. The molecule has 2 heterocycles. The second-order valence-corrected chi connectivity index (χ2v) is 15.8. The largest absolute Gasteiger partial charge is 0.524 e. The van der Waals surface area contributed by atoms with Gasteiger partial charge in [0.25, 0.3) is 0 Å². The Morgan fingerprint density at radius 1 is 0.656 bits per heavy atom. The molecule has 64 heavy (non-hydrogen) atoms. The number of imidazole rings is 1. The van der Waals surface area contributed by atoms with E-state index in [0.29, 0.717) is 22.4 Å². The number of aromatic amines is 2. The lowest BCUT2D eigenvalue weighted by Gasteiger charge is -2.26. The highest BCUT2D eigenvalue weighted by Gasteiger charge is 2.32. The second kappa shape index (κ2) is 22.2. The number of ether oxygens (including phenoxy) is 2. The molecule has 0 unspecified atom stereocenters. The van der Waals surface area contributed by atoms with Crippen LogP contribution >= 0.6 is 7.82 Å². The topological polar surface area (TPSA) is 289 Å². The Morgan fingerprint density at radius 2 is 1.25 bits per heavy atom. The molecule has 0 saturated carbocycles. The van der Waals surface area contributed by atoms with Crippen molar-refractivity contribution >= 4 is 48.4 Å². The van der Waals surface area contributed by atoms with Crippen molar-refractivity contribution < 1.29 is 52.3 Å². The summed E-state index contributed by atoms with van der Waals surface area (Å²) in [5.74, 6) is -3.49. The van der Waals surface area contributed by atoms with Crippen LogP contribution in [0.15, 0.2) is 128 Å². The summed E-state index contributed by atoms with van der Waals surface area (Å²) in [6, 6.07) is 25.3. The Balaban J connectivity index is 1.24. The van der Waals surface area contributed by atoms with Crippen molar-refractivity contribution in [2.75, 3.05) is 6.61 Å². The molecular formula is C44H47N8O11P. The maximum atomic E-state index is 14.4. The predicted molar refractivity (Wildman–Crippen MR) is 232 cm³/mol. The van der Waals surface area contributed by atoms with Crippen molar-refractivity contribution in [2.45, 2.75) is 56.6 Å². The first-order valence-corrected chi connectivity index (χ1v) is 21.5. The molecule has 6 rings (SSSR count). The normalized spacial score (nSPS) is 13.2. The van der Waals surface area contributed by atoms with Gasteiger partial charge >= 0.3 is 13.9 Å². The summed E-state index contributed by atoms with van der Waals surface area (Å²) in [7, 11) is -4.89. The molecule has 5 amide bonds. The first-order chi connectivity index (χ1) is 30.8. The quantitative estimate of drug-likeness (QED) is 0.0445. The standard InChI is InChI=1S/C44H47N8O11P/c45-40(53)36(20-31-22-47-35-14-8-7-13-34(31)35)49-43(56)39(26-61-24-29-9-3-1-4-10-29)51-41(54)37(19-28-15-17-33(18-16-28)63-64(58,59)60)50-42(55)38(21-32-23-46-27-48-32)52-44(57)62-25-30-11-5-2-6-12-30/h1-18,22-23,27,36-39,47H,19-21,24-26H2,(H2,45,53)(H,46,48)(H,49,56)(H,50,55)(H,51,54)(H,52,57)(H2,58,59,60)/t36-,37-,38-,39-/m0/s1. The van der Waals surface area contributed by atoms with Gasteiger partial charge in [-0.05, 0) is 40.5 Å². The number of hydrogen-bond acceptors (Lipinski definition) is 10. The van der Waals surface area contributed by atoms with Crippen LogP contribution in [0.1, 0.15) is 27.9 Å². The first-order valence-electron chi connectivity index (χ1n) is 20.0. The number of amides is 5. The zero-order chi connectivity index (χ0) is 45.5. The average Bonchev–Trinajstić information content (AvgIpc) is 3.95. The van der Waals surface area contributed by atoms with Gasteiger partial charge in [0.2, 0.25) is 23.6 Å². The Kier molecular flexibility index (Phi) is 16.0. The molecule has 0 aliphatic carbocycles. The van der Waals surface area contributed by atoms with Crippen LogP contribution in [0.5, 0.6) is 5.75 Å². The minimum absolute atomic E-state index is 0.0234. The SMILES string of the molecule is NC(=O)[C@H](Cc1c[nH]c2ccccc12)NC(=O)[C@H](COCc1ccccc1)NC(=O)[C@H](Cc1ccc(OP(=O)(O)O)cc1)NC(=O)[C@H](Cc1cnc[nH]1)NC(=O)OCc1ccccc1. The van der Waals surface area contributed by atoms with E-state index in [1.165, 1.54) is 36.8 Å². The molecule has 19 nitrogen and oxygen atoms in total. The molecule has 0 spiro atoms. The average molecular weight is 895 g/mol. The number of phosphoric acid groups is 1. The lowest BCUT2D eigenvalue weighted by molar-refractivity contribution is -0.134. The second-order valence-electron chi connectivity index (χ2n) is 14.6. The Labute approximate surface area is 366 Å². The summed E-state index contributed by atoms with van der Waals surface area (Å²) in [5, 5.41) is 11.4. The van der Waals surface area contributed by atoms with Gasteiger partial charge < -0.3 is 51.0 Å². The number of hydrogen-bond donors (Lipinski definition) is 9. The van der Waals surface area contributed by atoms with Gasteiger partial charge in [0.1, 0.15) is 36.5 Å². The van der Waals surface area contributed by atoms with Crippen molar-refractivity contribution in [1.29, 1.82) is 0 Å². The van der Waals surface area contributed by atoms with Gasteiger partial charge in [-0.15, -0.1) is 0 Å². The van der Waals surface area contributed by atoms with E-state index in [1.807, 2.05) is 60.7 Å². The lowest BCUT2D eigenvalue weighted by Crippen LogP contribution is -2.60. The van der Waals surface area contributed by atoms with Crippen LogP contribution in [-0.2, 0) is 65.7 Å². The number of rotatable bonds is 22. The van der Waals surface area contributed by atoms with Crippen LogP contribution in [0, 0.1) is 0 Å². The van der Waals surface area contributed by atoms with Gasteiger partial charge in [0.05, 0.1) is 19.5 Å². The number of alkyl carbamates (subject to hydrolysis) is 1. The number of carbonyl (C=O) groups excluding carboxylic acids is 5. The van der Waals surface area contributed by atoms with Gasteiger partial charge in [0.15, 0.2) is 0 Å². The Hall–Kier alpha value is -7.31. The number of nitrogens with one attached hydrogen (secondary N) is 6. The van der Waals surface area contributed by atoms with Gasteiger partial charge in [0, 0.05) is 48.3 Å². The fourth-order valence-corrected chi connectivity index (χ4v) is 7.01. The maximum absolute atomic E-state index is 14.4. The highest BCUT2D eigenvalue weighted by molar-refractivity contribution is 7.46. The van der Waals surface area contributed by atoms with E-state index < -0.39 is 61.7 Å². The van der Waals surface area contributed by atoms with Crippen LogP contribution in [0.25, 0.3) is 10.9 Å². The highest BCUT2D eigenvalue weighted by Crippen LogP contribution is 2.37. The van der Waals surface area contributed by atoms with E-state index in [2.05, 4.69) is 40.7 Å². The molecule has 2 aromatic heterocycles. The number of nitrogens with two attached hydrogens (primary N) is 1. The fraction of sp³-hybridized carbons (Fsp3) is 0.227. The maximum Gasteiger partial charge on any atom is 0.524 e. The van der Waals surface area contributed by atoms with Crippen LogP contribution in [0.3, 0.4) is 0 Å². The number of carbonyl (C=O) groups is 5. The van der Waals surface area contributed by atoms with Gasteiger partial charge in [-0.3, -0.25) is 29.0 Å². The molecule has 0 saturated heterocycles. The van der Waals surface area contributed by atoms with Gasteiger partial charge in [-0.1, -0.05) is 91.0 Å². The molecule has 10 N–H and O–H groups in total. The number of fused-ring (bicyclic) bond motifs is 1. The highest BCUT2D eigenvalue weighted by atomic mass is 31.2. The predicted octanol–water partition coefficient (Wildman–Crippen LogP) is 2.84. The molecule has 0 aliphatic heterocycles. The van der Waals surface area contributed by atoms with E-state index in [-0.39, 0.29) is 44.8 Å². The van der Waals surface area contributed by atoms with Crippen molar-refractivity contribution in [3.8, 4) is 5.75 Å². The van der Waals surface area contributed by atoms with Crippen molar-refractivity contribution in [2.24, 2.45) is 5.73 Å². The molecule has 20 heteroatoms. The first kappa shape index (κ1) is 46.2. The molecular weight excluding hydrogens is 848 g/mol. The molecule has 0 radical (unpaired) electrons. The number of phosphoric ester groups is 1. The molecule has 334 valence electrons. The fourth-order valence-electron chi connectivity index (χ4n) is 6.61. The van der Waals surface area contributed by atoms with Crippen LogP contribution in [0.4, 0.5) is 4.79 Å². The zero-order valence-electron chi connectivity index (χ0n) is 34.2. The third-order valence-electron chi connectivity index (χ3n) is 9.81. The summed E-state index contributed by atoms with van der Waals surface area (Å²) in [4.78, 5) is 97.0. The number of primary amides is 1. The van der Waals surface area contributed by atoms with E-state index in [4.69, 9.17) is 15.2 Å². The third-order valence-corrected chi connectivity index (χ3v) is 10.3. The minimum Gasteiger partial charge on any atom is -0.445 e. The molecule has 6 aromatic rings. The van der Waals surface area contributed by atoms with Crippen molar-refractivity contribution in [1.82, 2.24) is 36.2 Å². The van der Waals surface area contributed by atoms with Gasteiger partial charge in [-0.2, -0.15) is 0 Å². The molecule has 4 aromatic carbocycles. The molecule has 4 atom stereocenters. The summed E-state index contributed by atoms with van der Waals surface area (Å²) in [6.45, 7) is -0.414. The van der Waals surface area contributed by atoms with E-state index in [0.717, 1.165) is 16.5 Å². The summed E-state index contributed by atoms with van der Waals surface area (Å²) in [5.41, 5.74) is 9.65. The monoisotopic (exact) mass is 894 g/mol. The summed E-state index contributed by atoms with van der Waals surface area (Å²) >= 11 is 0. The smallest absolute Gasteiger partial charge is 0.445 e. The summed E-state index contributed by atoms with van der Waals surface area (Å²) < 4.78 is 27.4. The summed E-state index contributed by atoms with van der Waals surface area (Å²) in [6.07, 6.45) is 3.33. The Morgan fingerprint density at radius 3 is 1.89 bits per heavy atom. The molecule has 0 fully saturated rings. The number of aromatic nitrogens is 3. The van der Waals surface area contributed by atoms with Crippen LogP contribution in [0.2, 0.25) is 0 Å². The van der Waals surface area contributed by atoms with Crippen LogP contribution < -0.4 is 31.5 Å². The molecule has 0 aliphatic rings. The van der Waals surface area contributed by atoms with Crippen molar-refractivity contribution in [3.63, 3.8) is 0 Å². The van der Waals surface area contributed by atoms with E-state index >= 15 is 0 Å². The number of para-hydroxylation sites is 1. The lowest BCUT2D eigenvalue weighted by atomic mass is 10.0. The number of nitrogens with zero attached hydrogens (tertiary/aromatic N) is 1.